The van der Waals surface area contributed by atoms with E-state index in [1.807, 2.05) is 25.2 Å². The summed E-state index contributed by atoms with van der Waals surface area (Å²) in [6, 6.07) is 4.73. The van der Waals surface area contributed by atoms with Gasteiger partial charge in [0.25, 0.3) is 0 Å². The molecular formula is C21H34IN5O2S. The van der Waals surface area contributed by atoms with Crippen molar-refractivity contribution in [2.45, 2.75) is 40.2 Å². The van der Waals surface area contributed by atoms with Crippen LogP contribution in [0.4, 0.5) is 0 Å². The highest BCUT2D eigenvalue weighted by Crippen LogP contribution is 2.28. The van der Waals surface area contributed by atoms with E-state index < -0.39 is 0 Å². The third-order valence-corrected chi connectivity index (χ3v) is 6.29. The number of aryl methyl sites for hydroxylation is 3. The first kappa shape index (κ1) is 25.1. The minimum Gasteiger partial charge on any atom is -0.379 e. The second kappa shape index (κ2) is 12.6. The number of rotatable bonds is 8. The van der Waals surface area contributed by atoms with Crippen molar-refractivity contribution >= 4 is 41.3 Å². The fourth-order valence-electron chi connectivity index (χ4n) is 3.59. The highest BCUT2D eigenvalue weighted by atomic mass is 127. The second-order valence-electron chi connectivity index (χ2n) is 7.31. The lowest BCUT2D eigenvalue weighted by atomic mass is 10.1. The number of guanidine groups is 1. The molecule has 0 saturated carbocycles. The molecule has 168 valence electrons. The summed E-state index contributed by atoms with van der Waals surface area (Å²) in [7, 11) is 0. The van der Waals surface area contributed by atoms with Gasteiger partial charge in [0.05, 0.1) is 31.5 Å². The first-order chi connectivity index (χ1) is 14.1. The van der Waals surface area contributed by atoms with Gasteiger partial charge in [-0.1, -0.05) is 5.16 Å². The maximum Gasteiger partial charge on any atom is 0.191 e. The van der Waals surface area contributed by atoms with Crippen molar-refractivity contribution in [2.24, 2.45) is 4.99 Å². The van der Waals surface area contributed by atoms with Crippen LogP contribution in [0.3, 0.4) is 0 Å². The van der Waals surface area contributed by atoms with Crippen LogP contribution in [0.1, 0.15) is 39.7 Å². The Balaban J connectivity index is 0.00000320. The molecule has 0 amide bonds. The smallest absolute Gasteiger partial charge is 0.191 e. The van der Waals surface area contributed by atoms with Crippen molar-refractivity contribution in [1.29, 1.82) is 0 Å². The predicted molar refractivity (Wildman–Crippen MR) is 133 cm³/mol. The van der Waals surface area contributed by atoms with Crippen molar-refractivity contribution in [3.05, 3.63) is 38.9 Å². The summed E-state index contributed by atoms with van der Waals surface area (Å²) < 4.78 is 10.8. The van der Waals surface area contributed by atoms with E-state index in [0.29, 0.717) is 0 Å². The van der Waals surface area contributed by atoms with Gasteiger partial charge < -0.3 is 19.9 Å². The van der Waals surface area contributed by atoms with Gasteiger partial charge in [-0.2, -0.15) is 0 Å². The fourth-order valence-corrected chi connectivity index (χ4v) is 4.59. The number of thiophene rings is 1. The van der Waals surface area contributed by atoms with Crippen LogP contribution in [0, 0.1) is 20.8 Å². The van der Waals surface area contributed by atoms with Gasteiger partial charge in [-0.25, -0.2) is 0 Å². The van der Waals surface area contributed by atoms with Gasteiger partial charge in [0.15, 0.2) is 5.96 Å². The Morgan fingerprint density at radius 2 is 2.00 bits per heavy atom. The number of morpholine rings is 1. The third-order valence-electron chi connectivity index (χ3n) is 5.19. The molecule has 3 heterocycles. The summed E-state index contributed by atoms with van der Waals surface area (Å²) in [6.45, 7) is 14.0. The number of hydrogen-bond acceptors (Lipinski definition) is 6. The van der Waals surface area contributed by atoms with Crippen LogP contribution in [-0.4, -0.2) is 62.0 Å². The normalized spacial score (nSPS) is 16.2. The van der Waals surface area contributed by atoms with Crippen LogP contribution in [0.25, 0.3) is 0 Å². The van der Waals surface area contributed by atoms with E-state index in [2.05, 4.69) is 46.7 Å². The minimum absolute atomic E-state index is 0. The lowest BCUT2D eigenvalue weighted by Crippen LogP contribution is -2.42. The summed E-state index contributed by atoms with van der Waals surface area (Å²) >= 11 is 1.86. The molecule has 0 spiro atoms. The molecule has 0 aliphatic carbocycles. The zero-order valence-electron chi connectivity index (χ0n) is 18.4. The first-order valence-corrected chi connectivity index (χ1v) is 11.2. The first-order valence-electron chi connectivity index (χ1n) is 10.4. The standard InChI is InChI=1S/C21H33N5O2S.HI/c1-5-22-21(23-9-8-18-16(3)25-28-17(18)4)24-14-19(20-7-6-15(2)29-20)26-10-12-27-13-11-26;/h6-7,19H,5,8-14H2,1-4H3,(H2,22,23,24);1H. The highest BCUT2D eigenvalue weighted by molar-refractivity contribution is 14.0. The maximum absolute atomic E-state index is 5.55. The molecule has 2 aromatic rings. The molecule has 3 rings (SSSR count). The number of nitrogens with zero attached hydrogens (tertiary/aromatic N) is 3. The molecule has 2 aromatic heterocycles. The summed E-state index contributed by atoms with van der Waals surface area (Å²) in [4.78, 5) is 10.1. The molecular weight excluding hydrogens is 513 g/mol. The summed E-state index contributed by atoms with van der Waals surface area (Å²) in [5, 5.41) is 10.9. The molecule has 1 atom stereocenters. The van der Waals surface area contributed by atoms with Crippen LogP contribution in [0.5, 0.6) is 0 Å². The van der Waals surface area contributed by atoms with E-state index in [0.717, 1.165) is 69.8 Å². The Morgan fingerprint density at radius 3 is 2.60 bits per heavy atom. The number of ether oxygens (including phenoxy) is 1. The van der Waals surface area contributed by atoms with E-state index in [4.69, 9.17) is 14.3 Å². The Kier molecular flexibility index (Phi) is 10.6. The predicted octanol–water partition coefficient (Wildman–Crippen LogP) is 3.45. The van der Waals surface area contributed by atoms with E-state index in [-0.39, 0.29) is 30.0 Å². The summed E-state index contributed by atoms with van der Waals surface area (Å²) in [5.74, 6) is 1.75. The number of nitrogens with one attached hydrogen (secondary N) is 2. The number of halogens is 1. The molecule has 7 nitrogen and oxygen atoms in total. The van der Waals surface area contributed by atoms with Gasteiger partial charge >= 0.3 is 0 Å². The maximum atomic E-state index is 5.55. The van der Waals surface area contributed by atoms with Gasteiger partial charge in [-0.3, -0.25) is 9.89 Å². The third kappa shape index (κ3) is 6.93. The molecule has 9 heteroatoms. The quantitative estimate of drug-likeness (QED) is 0.300. The average molecular weight is 548 g/mol. The number of aromatic nitrogens is 1. The van der Waals surface area contributed by atoms with Crippen LogP contribution in [0.2, 0.25) is 0 Å². The van der Waals surface area contributed by atoms with Crippen molar-refractivity contribution in [2.75, 3.05) is 45.9 Å². The van der Waals surface area contributed by atoms with Crippen LogP contribution < -0.4 is 10.6 Å². The van der Waals surface area contributed by atoms with Crippen LogP contribution >= 0.6 is 35.3 Å². The largest absolute Gasteiger partial charge is 0.379 e. The molecule has 0 aromatic carbocycles. The number of aliphatic imine (C=N–C) groups is 1. The molecule has 1 aliphatic rings. The zero-order chi connectivity index (χ0) is 20.6. The molecule has 1 aliphatic heterocycles. The van der Waals surface area contributed by atoms with Gasteiger partial charge in [-0.15, -0.1) is 35.3 Å². The Bertz CT molecular complexity index is 782. The number of hydrogen-bond donors (Lipinski definition) is 2. The van der Waals surface area contributed by atoms with Crippen molar-refractivity contribution in [3.63, 3.8) is 0 Å². The van der Waals surface area contributed by atoms with Crippen LogP contribution in [0.15, 0.2) is 21.6 Å². The van der Waals surface area contributed by atoms with Gasteiger partial charge in [-0.05, 0) is 46.2 Å². The van der Waals surface area contributed by atoms with Gasteiger partial charge in [0.1, 0.15) is 5.76 Å². The van der Waals surface area contributed by atoms with E-state index in [1.54, 1.807) is 0 Å². The zero-order valence-corrected chi connectivity index (χ0v) is 21.5. The lowest BCUT2D eigenvalue weighted by Gasteiger charge is -2.33. The summed E-state index contributed by atoms with van der Waals surface area (Å²) in [6.07, 6.45) is 0.864. The molecule has 1 unspecified atom stereocenters. The van der Waals surface area contributed by atoms with E-state index >= 15 is 0 Å². The van der Waals surface area contributed by atoms with E-state index in [1.165, 1.54) is 15.3 Å². The monoisotopic (exact) mass is 547 g/mol. The molecule has 30 heavy (non-hydrogen) atoms. The van der Waals surface area contributed by atoms with E-state index in [9.17, 15) is 0 Å². The fraction of sp³-hybridized carbons (Fsp3) is 0.619. The minimum atomic E-state index is 0. The Labute approximate surface area is 200 Å². The van der Waals surface area contributed by atoms with Crippen molar-refractivity contribution < 1.29 is 9.26 Å². The summed E-state index contributed by atoms with van der Waals surface area (Å²) in [5.41, 5.74) is 2.14. The molecule has 1 fully saturated rings. The SMILES string of the molecule is CCNC(=NCC(c1ccc(C)s1)N1CCOCC1)NCCc1c(C)noc1C.I. The molecule has 0 radical (unpaired) electrons. The highest BCUT2D eigenvalue weighted by Gasteiger charge is 2.23. The lowest BCUT2D eigenvalue weighted by molar-refractivity contribution is 0.0186. The van der Waals surface area contributed by atoms with Crippen molar-refractivity contribution in [1.82, 2.24) is 20.7 Å². The topological polar surface area (TPSA) is 74.9 Å². The average Bonchev–Trinajstić information content (AvgIpc) is 3.29. The second-order valence-corrected chi connectivity index (χ2v) is 8.63. The molecule has 2 N–H and O–H groups in total. The molecule has 0 bridgehead atoms. The molecule has 1 saturated heterocycles. The van der Waals surface area contributed by atoms with Crippen LogP contribution in [-0.2, 0) is 11.2 Å². The van der Waals surface area contributed by atoms with Gasteiger partial charge in [0.2, 0.25) is 0 Å². The van der Waals surface area contributed by atoms with Gasteiger partial charge in [0, 0.05) is 41.5 Å². The van der Waals surface area contributed by atoms with Crippen molar-refractivity contribution in [3.8, 4) is 0 Å². The Hall–Kier alpha value is -1.17. The Morgan fingerprint density at radius 1 is 1.23 bits per heavy atom.